The van der Waals surface area contributed by atoms with Crippen molar-refractivity contribution in [3.8, 4) is 0 Å². The van der Waals surface area contributed by atoms with E-state index in [1.165, 1.54) is 30.9 Å². The maximum Gasteiger partial charge on any atom is 0.264 e. The Balaban J connectivity index is 2.75. The molecule has 1 amide bonds. The molecule has 1 aliphatic heterocycles. The Hall–Kier alpha value is -1.01. The summed E-state index contributed by atoms with van der Waals surface area (Å²) in [4.78, 5) is 16.2. The fraction of sp³-hybridized carbons (Fsp3) is 0.733. The van der Waals surface area contributed by atoms with Gasteiger partial charge in [-0.25, -0.2) is 4.31 Å². The van der Waals surface area contributed by atoms with Gasteiger partial charge in [-0.2, -0.15) is 4.99 Å². The van der Waals surface area contributed by atoms with Crippen molar-refractivity contribution in [3.05, 3.63) is 11.8 Å². The zero-order chi connectivity index (χ0) is 16.3. The summed E-state index contributed by atoms with van der Waals surface area (Å²) in [7, 11) is 0. The molecule has 3 N–H and O–H groups in total. The first kappa shape index (κ1) is 18.0. The number of rotatable bonds is 4. The van der Waals surface area contributed by atoms with Crippen molar-refractivity contribution >= 4 is 23.7 Å². The maximum atomic E-state index is 12.3. The quantitative estimate of drug-likeness (QED) is 0.361. The van der Waals surface area contributed by atoms with E-state index in [1.54, 1.807) is 0 Å². The highest BCUT2D eigenvalue weighted by Gasteiger charge is 2.32. The third kappa shape index (κ3) is 5.71. The van der Waals surface area contributed by atoms with Crippen molar-refractivity contribution in [1.29, 1.82) is 0 Å². The molecule has 1 fully saturated rings. The van der Waals surface area contributed by atoms with Gasteiger partial charge < -0.3 is 10.8 Å². The summed E-state index contributed by atoms with van der Waals surface area (Å²) in [5.74, 6) is -0.126. The van der Waals surface area contributed by atoms with Gasteiger partial charge in [-0.3, -0.25) is 4.79 Å². The molecular formula is C15H27N3O2S. The van der Waals surface area contributed by atoms with Crippen LogP contribution < -0.4 is 5.73 Å². The van der Waals surface area contributed by atoms with E-state index in [-0.39, 0.29) is 17.5 Å². The molecule has 0 radical (unpaired) electrons. The number of amidine groups is 1. The summed E-state index contributed by atoms with van der Waals surface area (Å²) in [6.07, 6.45) is 3.70. The van der Waals surface area contributed by atoms with Crippen molar-refractivity contribution in [2.75, 3.05) is 13.1 Å². The van der Waals surface area contributed by atoms with Gasteiger partial charge >= 0.3 is 0 Å². The zero-order valence-electron chi connectivity index (χ0n) is 13.6. The van der Waals surface area contributed by atoms with Gasteiger partial charge in [0.15, 0.2) is 0 Å². The lowest BCUT2D eigenvalue weighted by atomic mass is 9.93. The number of nitrogens with zero attached hydrogens (tertiary/aromatic N) is 2. The van der Waals surface area contributed by atoms with Crippen LogP contribution in [0.3, 0.4) is 0 Å². The second-order valence-electron chi connectivity index (χ2n) is 6.86. The van der Waals surface area contributed by atoms with Gasteiger partial charge in [-0.1, -0.05) is 32.7 Å². The first-order chi connectivity index (χ1) is 9.52. The van der Waals surface area contributed by atoms with Gasteiger partial charge in [-0.15, -0.1) is 0 Å². The lowest BCUT2D eigenvalue weighted by Gasteiger charge is -2.25. The van der Waals surface area contributed by atoms with E-state index in [1.807, 2.05) is 34.6 Å². The zero-order valence-corrected chi connectivity index (χ0v) is 14.5. The fourth-order valence-electron chi connectivity index (χ4n) is 1.78. The Labute approximate surface area is 131 Å². The van der Waals surface area contributed by atoms with Crippen LogP contribution in [-0.2, 0) is 4.79 Å². The van der Waals surface area contributed by atoms with Crippen LogP contribution in [0.5, 0.6) is 0 Å². The van der Waals surface area contributed by atoms with Gasteiger partial charge in [0.2, 0.25) is 0 Å². The molecule has 5 nitrogen and oxygen atoms in total. The fourth-order valence-corrected chi connectivity index (χ4v) is 2.99. The molecule has 120 valence electrons. The Kier molecular flexibility index (Phi) is 5.87. The Morgan fingerprint density at radius 3 is 2.24 bits per heavy atom. The van der Waals surface area contributed by atoms with E-state index in [0.29, 0.717) is 0 Å². The van der Waals surface area contributed by atoms with Gasteiger partial charge in [0.25, 0.3) is 5.91 Å². The molecule has 0 atom stereocenters. The number of hydrogen-bond acceptors (Lipinski definition) is 4. The molecule has 0 aliphatic carbocycles. The Morgan fingerprint density at radius 2 is 1.76 bits per heavy atom. The van der Waals surface area contributed by atoms with E-state index in [0.717, 1.165) is 13.1 Å². The van der Waals surface area contributed by atoms with Crippen LogP contribution in [0.4, 0.5) is 0 Å². The van der Waals surface area contributed by atoms with E-state index < -0.39 is 10.2 Å². The molecule has 0 aromatic heterocycles. The maximum absolute atomic E-state index is 12.3. The molecule has 1 aliphatic rings. The average Bonchev–Trinajstić information content (AvgIpc) is 2.79. The highest BCUT2D eigenvalue weighted by Crippen LogP contribution is 2.32. The summed E-state index contributed by atoms with van der Waals surface area (Å²) in [6, 6.07) is 0. The monoisotopic (exact) mass is 313 g/mol. The number of aliphatic hydroxyl groups excluding tert-OH is 1. The smallest absolute Gasteiger partial charge is 0.264 e. The van der Waals surface area contributed by atoms with Gasteiger partial charge in [0.1, 0.15) is 16.3 Å². The summed E-state index contributed by atoms with van der Waals surface area (Å²) >= 11 is 1.52. The highest BCUT2D eigenvalue weighted by atomic mass is 32.2. The SMILES string of the molecule is CC(C)(SN1CCCC1)C(=O)N=C(N)/C=C(\O)C(C)(C)C. The van der Waals surface area contributed by atoms with Crippen molar-refractivity contribution < 1.29 is 9.90 Å². The highest BCUT2D eigenvalue weighted by molar-refractivity contribution is 7.99. The topological polar surface area (TPSA) is 78.9 Å². The van der Waals surface area contributed by atoms with Crippen LogP contribution in [0.15, 0.2) is 16.8 Å². The number of allylic oxidation sites excluding steroid dienone is 1. The third-order valence-corrected chi connectivity index (χ3v) is 4.48. The molecule has 1 heterocycles. The Morgan fingerprint density at radius 1 is 1.24 bits per heavy atom. The van der Waals surface area contributed by atoms with Gasteiger partial charge in [-0.05, 0) is 26.7 Å². The van der Waals surface area contributed by atoms with Crippen molar-refractivity contribution in [2.24, 2.45) is 16.1 Å². The van der Waals surface area contributed by atoms with Crippen LogP contribution in [0, 0.1) is 5.41 Å². The van der Waals surface area contributed by atoms with E-state index in [4.69, 9.17) is 5.73 Å². The van der Waals surface area contributed by atoms with Crippen molar-refractivity contribution in [3.63, 3.8) is 0 Å². The lowest BCUT2D eigenvalue weighted by Crippen LogP contribution is -2.32. The molecule has 0 bridgehead atoms. The Bertz CT molecular complexity index is 444. The standard InChI is InChI=1S/C15H27N3O2S/c1-14(2,3)11(19)10-12(16)17-13(20)15(4,5)21-18-8-6-7-9-18/h10,19H,6-9H2,1-5H3,(H2,16,17,20)/b11-10-. The first-order valence-electron chi connectivity index (χ1n) is 7.26. The van der Waals surface area contributed by atoms with Gasteiger partial charge in [0.05, 0.1) is 0 Å². The largest absolute Gasteiger partial charge is 0.512 e. The van der Waals surface area contributed by atoms with Crippen LogP contribution in [-0.4, -0.2) is 39.0 Å². The third-order valence-electron chi connectivity index (χ3n) is 3.22. The lowest BCUT2D eigenvalue weighted by molar-refractivity contribution is -0.119. The van der Waals surface area contributed by atoms with Crippen LogP contribution in [0.2, 0.25) is 0 Å². The minimum atomic E-state index is -0.653. The van der Waals surface area contributed by atoms with Crippen LogP contribution in [0.25, 0.3) is 0 Å². The molecular weight excluding hydrogens is 286 g/mol. The first-order valence-corrected chi connectivity index (χ1v) is 8.03. The number of hydrogen-bond donors (Lipinski definition) is 2. The number of carbonyl (C=O) groups excluding carboxylic acids is 1. The number of aliphatic imine (C=N–C) groups is 1. The number of aliphatic hydroxyl groups is 1. The van der Waals surface area contributed by atoms with E-state index in [9.17, 15) is 9.90 Å². The predicted octanol–water partition coefficient (Wildman–Crippen LogP) is 2.88. The summed E-state index contributed by atoms with van der Waals surface area (Å²) in [5.41, 5.74) is 5.33. The number of carbonyl (C=O) groups is 1. The van der Waals surface area contributed by atoms with E-state index >= 15 is 0 Å². The second-order valence-corrected chi connectivity index (χ2v) is 8.58. The summed E-state index contributed by atoms with van der Waals surface area (Å²) in [6.45, 7) is 11.3. The molecule has 0 aromatic rings. The molecule has 6 heteroatoms. The molecule has 1 saturated heterocycles. The molecule has 21 heavy (non-hydrogen) atoms. The minimum absolute atomic E-state index is 0.0440. The second kappa shape index (κ2) is 6.83. The number of amides is 1. The van der Waals surface area contributed by atoms with Gasteiger partial charge in [0, 0.05) is 24.6 Å². The van der Waals surface area contributed by atoms with Crippen molar-refractivity contribution in [2.45, 2.75) is 52.2 Å². The number of nitrogens with two attached hydrogens (primary N) is 1. The van der Waals surface area contributed by atoms with Crippen LogP contribution in [0.1, 0.15) is 47.5 Å². The van der Waals surface area contributed by atoms with Crippen molar-refractivity contribution in [1.82, 2.24) is 4.31 Å². The van der Waals surface area contributed by atoms with Crippen LogP contribution >= 0.6 is 11.9 Å². The molecule has 0 spiro atoms. The predicted molar refractivity (Wildman–Crippen MR) is 89.3 cm³/mol. The summed E-state index contributed by atoms with van der Waals surface area (Å²) < 4.78 is 1.55. The molecule has 1 rings (SSSR count). The van der Waals surface area contributed by atoms with E-state index in [2.05, 4.69) is 9.30 Å². The molecule has 0 saturated carbocycles. The summed E-state index contributed by atoms with van der Waals surface area (Å²) in [5, 5.41) is 9.88. The average molecular weight is 313 g/mol. The minimum Gasteiger partial charge on any atom is -0.512 e. The normalized spacial score (nSPS) is 19.1. The molecule has 0 aromatic carbocycles. The molecule has 0 unspecified atom stereocenters.